The van der Waals surface area contributed by atoms with Crippen LogP contribution in [0.1, 0.15) is 58.3 Å². The number of ether oxygens (including phenoxy) is 4. The van der Waals surface area contributed by atoms with Crippen molar-refractivity contribution in [3.63, 3.8) is 0 Å². The number of hydrogen-bond acceptors (Lipinski definition) is 13. The van der Waals surface area contributed by atoms with Gasteiger partial charge >= 0.3 is 11.9 Å². The lowest BCUT2D eigenvalue weighted by Gasteiger charge is -2.17. The molecule has 0 heterocycles. The fourth-order valence-corrected chi connectivity index (χ4v) is 3.98. The summed E-state index contributed by atoms with van der Waals surface area (Å²) in [6.45, 7) is 3.63. The Kier molecular flexibility index (Phi) is 27.2. The Balaban J connectivity index is 4.19. The smallest absolute Gasteiger partial charge is 0.326 e. The van der Waals surface area contributed by atoms with E-state index in [-0.39, 0.29) is 64.7 Å². The molecule has 0 aromatic heterocycles. The first-order valence-corrected chi connectivity index (χ1v) is 16.4. The average Bonchev–Trinajstić information content (AvgIpc) is 3.06. The minimum absolute atomic E-state index is 0.0164. The highest BCUT2D eigenvalue weighted by atomic mass is 32.1. The number of nitrogens with one attached hydrogen (secondary N) is 5. The van der Waals surface area contributed by atoms with Crippen molar-refractivity contribution in [3.05, 3.63) is 0 Å². The summed E-state index contributed by atoms with van der Waals surface area (Å²) in [5, 5.41) is 28.6. The molecule has 0 saturated carbocycles. The van der Waals surface area contributed by atoms with E-state index in [0.29, 0.717) is 39.1 Å². The maximum atomic E-state index is 12.3. The summed E-state index contributed by atoms with van der Waals surface area (Å²) in [4.78, 5) is 82.7. The molecular weight excluding hydrogens is 672 g/mol. The van der Waals surface area contributed by atoms with E-state index in [1.165, 1.54) is 0 Å². The molecule has 0 aromatic carbocycles. The SMILES string of the molecule is CCCOCCOCC(=O)NCCOCCOCC(=O)N[C@@H](CCC(=O)N[C@@H](CCC(=O)NCCCC[C@H](N)C(=O)NS)C(=O)O)C(=O)O. The Bertz CT molecular complexity index is 1020. The summed E-state index contributed by atoms with van der Waals surface area (Å²) in [6, 6.07) is -3.55. The molecule has 0 saturated heterocycles. The largest absolute Gasteiger partial charge is 0.480 e. The number of carboxylic acid groups (broad SMARTS) is 2. The molecule has 0 aromatic rings. The topological polar surface area (TPSA) is 283 Å². The highest BCUT2D eigenvalue weighted by Crippen LogP contribution is 2.04. The maximum Gasteiger partial charge on any atom is 0.326 e. The molecule has 0 aliphatic heterocycles. The molecule has 9 N–H and O–H groups in total. The van der Waals surface area contributed by atoms with Crippen LogP contribution in [0.4, 0.5) is 0 Å². The zero-order chi connectivity index (χ0) is 36.9. The number of thiol groups is 1. The lowest BCUT2D eigenvalue weighted by Crippen LogP contribution is -2.45. The van der Waals surface area contributed by atoms with Gasteiger partial charge in [-0.15, -0.1) is 0 Å². The number of carbonyl (C=O) groups is 7. The van der Waals surface area contributed by atoms with Crippen molar-refractivity contribution < 1.29 is 62.7 Å². The lowest BCUT2D eigenvalue weighted by molar-refractivity contribution is -0.144. The summed E-state index contributed by atoms with van der Waals surface area (Å²) in [5.41, 5.74) is 5.65. The first kappa shape index (κ1) is 45.4. The molecule has 0 bridgehead atoms. The number of hydrogen-bond donors (Lipinski definition) is 9. The van der Waals surface area contributed by atoms with Gasteiger partial charge in [0.2, 0.25) is 29.5 Å². The van der Waals surface area contributed by atoms with Gasteiger partial charge < -0.3 is 60.9 Å². The minimum Gasteiger partial charge on any atom is -0.480 e. The maximum absolute atomic E-state index is 12.3. The monoisotopic (exact) mass is 724 g/mol. The lowest BCUT2D eigenvalue weighted by atomic mass is 10.1. The highest BCUT2D eigenvalue weighted by molar-refractivity contribution is 7.78. The fraction of sp³-hybridized carbons (Fsp3) is 0.759. The molecule has 0 unspecified atom stereocenters. The molecule has 0 rings (SSSR count). The molecule has 0 spiro atoms. The summed E-state index contributed by atoms with van der Waals surface area (Å²) >= 11 is 3.64. The van der Waals surface area contributed by atoms with Crippen LogP contribution in [0.2, 0.25) is 0 Å². The van der Waals surface area contributed by atoms with Crippen molar-refractivity contribution in [2.24, 2.45) is 5.73 Å². The number of nitrogens with two attached hydrogens (primary N) is 1. The number of aliphatic carboxylic acids is 2. The summed E-state index contributed by atoms with van der Waals surface area (Å²) in [7, 11) is 0. The Morgan fingerprint density at radius 1 is 0.633 bits per heavy atom. The highest BCUT2D eigenvalue weighted by Gasteiger charge is 2.24. The van der Waals surface area contributed by atoms with E-state index in [1.807, 2.05) is 6.92 Å². The van der Waals surface area contributed by atoms with Crippen LogP contribution in [0.3, 0.4) is 0 Å². The Labute approximate surface area is 291 Å². The van der Waals surface area contributed by atoms with E-state index < -0.39 is 66.7 Å². The van der Waals surface area contributed by atoms with Crippen LogP contribution in [-0.4, -0.2) is 136 Å². The van der Waals surface area contributed by atoms with Gasteiger partial charge in [-0.05, 0) is 38.5 Å². The summed E-state index contributed by atoms with van der Waals surface area (Å²) in [6.07, 6.45) is 1.25. The van der Waals surface area contributed by atoms with Crippen LogP contribution >= 0.6 is 12.8 Å². The van der Waals surface area contributed by atoms with Crippen LogP contribution in [0.5, 0.6) is 0 Å². The van der Waals surface area contributed by atoms with E-state index in [2.05, 4.69) is 38.8 Å². The minimum atomic E-state index is -1.44. The van der Waals surface area contributed by atoms with Gasteiger partial charge in [-0.3, -0.25) is 24.0 Å². The Hall–Kier alpha value is -3.56. The van der Waals surface area contributed by atoms with Crippen LogP contribution in [-0.2, 0) is 52.5 Å². The van der Waals surface area contributed by atoms with E-state index >= 15 is 0 Å². The van der Waals surface area contributed by atoms with Gasteiger partial charge in [-0.1, -0.05) is 19.7 Å². The van der Waals surface area contributed by atoms with Gasteiger partial charge in [0.1, 0.15) is 25.3 Å². The van der Waals surface area contributed by atoms with Gasteiger partial charge in [-0.25, -0.2) is 9.59 Å². The van der Waals surface area contributed by atoms with Crippen molar-refractivity contribution in [2.45, 2.75) is 76.4 Å². The van der Waals surface area contributed by atoms with Gasteiger partial charge in [-0.2, -0.15) is 0 Å². The van der Waals surface area contributed by atoms with Crippen LogP contribution in [0.25, 0.3) is 0 Å². The van der Waals surface area contributed by atoms with Crippen molar-refractivity contribution in [2.75, 3.05) is 65.9 Å². The Morgan fingerprint density at radius 3 is 1.71 bits per heavy atom. The number of rotatable bonds is 31. The average molecular weight is 725 g/mol. The fourth-order valence-electron chi connectivity index (χ4n) is 3.82. The molecule has 0 aliphatic carbocycles. The third-order valence-electron chi connectivity index (χ3n) is 6.43. The molecule has 19 nitrogen and oxygen atoms in total. The van der Waals surface area contributed by atoms with Gasteiger partial charge in [0.05, 0.1) is 39.1 Å². The molecular formula is C29H52N6O13S. The van der Waals surface area contributed by atoms with Gasteiger partial charge in [0, 0.05) is 32.5 Å². The quantitative estimate of drug-likeness (QED) is 0.0273. The molecule has 0 aliphatic rings. The second kappa shape index (κ2) is 29.4. The third-order valence-corrected chi connectivity index (χ3v) is 6.65. The van der Waals surface area contributed by atoms with E-state index in [0.717, 1.165) is 6.42 Å². The van der Waals surface area contributed by atoms with Gasteiger partial charge in [0.25, 0.3) is 0 Å². The molecule has 20 heteroatoms. The summed E-state index contributed by atoms with van der Waals surface area (Å²) < 4.78 is 23.0. The third kappa shape index (κ3) is 26.0. The molecule has 5 amide bonds. The van der Waals surface area contributed by atoms with E-state index in [1.54, 1.807) is 0 Å². The number of unbranched alkanes of at least 4 members (excludes halogenated alkanes) is 1. The van der Waals surface area contributed by atoms with Crippen molar-refractivity contribution >= 4 is 54.3 Å². The molecule has 282 valence electrons. The predicted molar refractivity (Wildman–Crippen MR) is 176 cm³/mol. The number of carboxylic acids is 2. The zero-order valence-electron chi connectivity index (χ0n) is 27.9. The van der Waals surface area contributed by atoms with Crippen LogP contribution < -0.4 is 31.7 Å². The van der Waals surface area contributed by atoms with E-state index in [9.17, 15) is 43.8 Å². The predicted octanol–water partition coefficient (Wildman–Crippen LogP) is -2.15. The molecule has 0 radical (unpaired) electrons. The van der Waals surface area contributed by atoms with E-state index in [4.69, 9.17) is 24.7 Å². The normalized spacial score (nSPS) is 12.6. The number of amides is 5. The molecule has 49 heavy (non-hydrogen) atoms. The van der Waals surface area contributed by atoms with Crippen LogP contribution in [0, 0.1) is 0 Å². The first-order valence-electron chi connectivity index (χ1n) is 16.0. The second-order valence-electron chi connectivity index (χ2n) is 10.6. The zero-order valence-corrected chi connectivity index (χ0v) is 28.8. The van der Waals surface area contributed by atoms with Crippen LogP contribution in [0.15, 0.2) is 0 Å². The first-order chi connectivity index (χ1) is 23.4. The van der Waals surface area contributed by atoms with Crippen molar-refractivity contribution in [3.8, 4) is 0 Å². The molecule has 0 fully saturated rings. The summed E-state index contributed by atoms with van der Waals surface area (Å²) in [5.74, 6) is -5.45. The Morgan fingerprint density at radius 2 is 1.14 bits per heavy atom. The van der Waals surface area contributed by atoms with Crippen molar-refractivity contribution in [1.29, 1.82) is 0 Å². The standard InChI is InChI=1S/C29H52N6O13S/c1-2-12-45-14-16-47-18-25(38)32-11-13-46-15-17-48-19-26(39)34-22(29(43)44)7-9-24(37)33-21(28(41)42)6-8-23(36)31-10-4-3-5-20(30)27(40)35-49/h20-22,49H,2-19,30H2,1H3,(H,31,36)(H,32,38)(H,33,37)(H,34,39)(H,35,40)(H,41,42)(H,43,44)/t20-,21-,22-/m0/s1. The van der Waals surface area contributed by atoms with Gasteiger partial charge in [0.15, 0.2) is 0 Å². The van der Waals surface area contributed by atoms with Crippen molar-refractivity contribution in [1.82, 2.24) is 26.0 Å². The second-order valence-corrected chi connectivity index (χ2v) is 10.8. The molecule has 3 atom stereocenters. The number of carbonyl (C=O) groups excluding carboxylic acids is 5.